The maximum atomic E-state index is 12.0. The zero-order valence-electron chi connectivity index (χ0n) is 13.5. The van der Waals surface area contributed by atoms with Gasteiger partial charge in [-0.05, 0) is 13.0 Å². The third kappa shape index (κ3) is 4.63. The van der Waals surface area contributed by atoms with Gasteiger partial charge in [0.25, 0.3) is 5.56 Å². The number of fused-ring (bicyclic) bond motifs is 1. The van der Waals surface area contributed by atoms with Crippen LogP contribution in [0.25, 0.3) is 10.2 Å². The number of aromatic amines is 1. The molecule has 8 nitrogen and oxygen atoms in total. The monoisotopic (exact) mass is 397 g/mol. The van der Waals surface area contributed by atoms with Crippen LogP contribution in [0.3, 0.4) is 0 Å². The lowest BCUT2D eigenvalue weighted by atomic mass is 10.4. The average Bonchev–Trinajstić information content (AvgIpc) is 3.14. The number of hydrogen-bond acceptors (Lipinski definition) is 9. The minimum atomic E-state index is -0.180. The first-order valence-electron chi connectivity index (χ1n) is 7.23. The molecule has 0 aliphatic carbocycles. The summed E-state index contributed by atoms with van der Waals surface area (Å²) < 4.78 is 4.96. The number of thiophene rings is 1. The molecule has 0 aliphatic heterocycles. The van der Waals surface area contributed by atoms with Gasteiger partial charge in [-0.15, -0.1) is 33.3 Å². The molecule has 0 atom stereocenters. The van der Waals surface area contributed by atoms with Gasteiger partial charge in [-0.25, -0.2) is 4.98 Å². The zero-order valence-corrected chi connectivity index (χ0v) is 15.9. The van der Waals surface area contributed by atoms with E-state index in [0.29, 0.717) is 33.7 Å². The number of aryl methyl sites for hydroxylation is 1. The van der Waals surface area contributed by atoms with Crippen LogP contribution in [0.15, 0.2) is 10.9 Å². The summed E-state index contributed by atoms with van der Waals surface area (Å²) in [5.41, 5.74) is -0.145. The van der Waals surface area contributed by atoms with E-state index >= 15 is 0 Å². The van der Waals surface area contributed by atoms with Gasteiger partial charge in [-0.2, -0.15) is 0 Å². The molecule has 0 aliphatic rings. The molecule has 0 spiro atoms. The molecule has 3 rings (SSSR count). The first kappa shape index (κ1) is 18.0. The molecule has 0 fully saturated rings. The highest BCUT2D eigenvalue weighted by Crippen LogP contribution is 2.21. The Morgan fingerprint density at radius 3 is 3.04 bits per heavy atom. The van der Waals surface area contributed by atoms with Gasteiger partial charge >= 0.3 is 0 Å². The van der Waals surface area contributed by atoms with Crippen molar-refractivity contribution in [3.05, 3.63) is 32.1 Å². The summed E-state index contributed by atoms with van der Waals surface area (Å²) in [7, 11) is 1.57. The molecule has 3 heterocycles. The van der Waals surface area contributed by atoms with Gasteiger partial charge in [-0.1, -0.05) is 11.3 Å². The van der Waals surface area contributed by atoms with Crippen LogP contribution < -0.4 is 10.9 Å². The number of carbonyl (C=O) groups is 1. The molecule has 132 valence electrons. The fraction of sp³-hybridized carbons (Fsp3) is 0.357. The van der Waals surface area contributed by atoms with E-state index in [2.05, 4.69) is 25.5 Å². The van der Waals surface area contributed by atoms with E-state index in [1.54, 1.807) is 7.11 Å². The highest BCUT2D eigenvalue weighted by molar-refractivity contribution is 7.99. The Hall–Kier alpha value is -1.82. The van der Waals surface area contributed by atoms with Crippen LogP contribution in [0, 0.1) is 6.92 Å². The van der Waals surface area contributed by atoms with Crippen molar-refractivity contribution < 1.29 is 9.53 Å². The van der Waals surface area contributed by atoms with Crippen molar-refractivity contribution in [3.63, 3.8) is 0 Å². The molecular weight excluding hydrogens is 382 g/mol. The smallest absolute Gasteiger partial charge is 0.259 e. The van der Waals surface area contributed by atoms with Gasteiger partial charge in [0.2, 0.25) is 11.0 Å². The molecule has 0 saturated carbocycles. The number of ether oxygens (including phenoxy) is 1. The number of hydrogen-bond donors (Lipinski definition) is 2. The molecule has 1 amide bonds. The van der Waals surface area contributed by atoms with Gasteiger partial charge in [0, 0.05) is 12.0 Å². The lowest BCUT2D eigenvalue weighted by molar-refractivity contribution is -0.113. The Bertz CT molecular complexity index is 949. The lowest BCUT2D eigenvalue weighted by Crippen LogP contribution is -2.15. The van der Waals surface area contributed by atoms with E-state index < -0.39 is 0 Å². The number of rotatable bonds is 7. The number of amides is 1. The van der Waals surface area contributed by atoms with Crippen LogP contribution in [0.2, 0.25) is 0 Å². The first-order valence-corrected chi connectivity index (χ1v) is 10.0. The largest absolute Gasteiger partial charge is 0.377 e. The second kappa shape index (κ2) is 8.04. The van der Waals surface area contributed by atoms with E-state index in [1.165, 1.54) is 34.4 Å². The summed E-state index contributed by atoms with van der Waals surface area (Å²) in [6, 6.07) is 1.83. The van der Waals surface area contributed by atoms with Crippen LogP contribution >= 0.6 is 34.4 Å². The maximum Gasteiger partial charge on any atom is 0.259 e. The van der Waals surface area contributed by atoms with Crippen LogP contribution in [-0.2, 0) is 21.9 Å². The molecule has 25 heavy (non-hydrogen) atoms. The number of anilines is 1. The number of methoxy groups -OCH3 is 1. The van der Waals surface area contributed by atoms with Crippen molar-refractivity contribution in [3.8, 4) is 0 Å². The summed E-state index contributed by atoms with van der Waals surface area (Å²) in [6.45, 7) is 2.31. The molecule has 0 unspecified atom stereocenters. The fourth-order valence-electron chi connectivity index (χ4n) is 2.05. The Kier molecular flexibility index (Phi) is 5.78. The Morgan fingerprint density at radius 1 is 1.40 bits per heavy atom. The molecule has 0 saturated heterocycles. The molecule has 11 heteroatoms. The van der Waals surface area contributed by atoms with Gasteiger partial charge in [-0.3, -0.25) is 14.9 Å². The summed E-state index contributed by atoms with van der Waals surface area (Å²) in [4.78, 5) is 32.9. The summed E-state index contributed by atoms with van der Waals surface area (Å²) >= 11 is 4.13. The fourth-order valence-corrected chi connectivity index (χ4v) is 4.36. The van der Waals surface area contributed by atoms with Gasteiger partial charge < -0.3 is 9.72 Å². The minimum Gasteiger partial charge on any atom is -0.377 e. The van der Waals surface area contributed by atoms with Crippen molar-refractivity contribution >= 4 is 55.7 Å². The van der Waals surface area contributed by atoms with Crippen molar-refractivity contribution in [2.75, 3.05) is 18.2 Å². The minimum absolute atomic E-state index is 0.145. The molecule has 3 aromatic rings. The third-order valence-electron chi connectivity index (χ3n) is 3.03. The molecular formula is C14H15N5O3S3. The maximum absolute atomic E-state index is 12.0. The van der Waals surface area contributed by atoms with Crippen LogP contribution in [0.4, 0.5) is 5.13 Å². The first-order chi connectivity index (χ1) is 12.0. The Labute approximate surface area is 155 Å². The highest BCUT2D eigenvalue weighted by Gasteiger charge is 2.10. The van der Waals surface area contributed by atoms with E-state index in [0.717, 1.165) is 9.71 Å². The predicted octanol–water partition coefficient (Wildman–Crippen LogP) is 2.16. The number of aromatic nitrogens is 4. The molecule has 3 aromatic heterocycles. The quantitative estimate of drug-likeness (QED) is 0.628. The average molecular weight is 398 g/mol. The second-order valence-electron chi connectivity index (χ2n) is 5.06. The molecule has 2 N–H and O–H groups in total. The van der Waals surface area contributed by atoms with E-state index in [4.69, 9.17) is 4.74 Å². The SMILES string of the molecule is COCc1nnc(NC(=O)CSCc2nc3sc(C)cc3c(=O)[nH]2)s1. The van der Waals surface area contributed by atoms with E-state index in [9.17, 15) is 9.59 Å². The molecule has 0 aromatic carbocycles. The van der Waals surface area contributed by atoms with Crippen molar-refractivity contribution in [1.82, 2.24) is 20.2 Å². The summed E-state index contributed by atoms with van der Waals surface area (Å²) in [6.07, 6.45) is 0. The predicted molar refractivity (Wildman–Crippen MR) is 100 cm³/mol. The number of carbonyl (C=O) groups excluding carboxylic acids is 1. The highest BCUT2D eigenvalue weighted by atomic mass is 32.2. The molecule has 0 radical (unpaired) electrons. The standard InChI is InChI=1S/C14H15N5O3S3/c1-7-3-8-12(21)15-9(16-13(8)24-7)5-23-6-10(20)17-14-19-18-11(25-14)4-22-2/h3H,4-6H2,1-2H3,(H,15,16,21)(H,17,19,20). The Balaban J connectivity index is 1.53. The van der Waals surface area contributed by atoms with E-state index in [-0.39, 0.29) is 17.2 Å². The van der Waals surface area contributed by atoms with Gasteiger partial charge in [0.15, 0.2) is 0 Å². The Morgan fingerprint density at radius 2 is 2.24 bits per heavy atom. The van der Waals surface area contributed by atoms with Gasteiger partial charge in [0.05, 0.1) is 16.9 Å². The topological polar surface area (TPSA) is 110 Å². The van der Waals surface area contributed by atoms with E-state index in [1.807, 2.05) is 13.0 Å². The van der Waals surface area contributed by atoms with Crippen molar-refractivity contribution in [2.45, 2.75) is 19.3 Å². The normalized spacial score (nSPS) is 11.1. The van der Waals surface area contributed by atoms with Gasteiger partial charge in [0.1, 0.15) is 22.3 Å². The number of thioether (sulfide) groups is 1. The lowest BCUT2D eigenvalue weighted by Gasteiger charge is -2.02. The van der Waals surface area contributed by atoms with Crippen LogP contribution in [-0.4, -0.2) is 38.9 Å². The second-order valence-corrected chi connectivity index (χ2v) is 8.35. The number of nitrogens with zero attached hydrogens (tertiary/aromatic N) is 3. The summed E-state index contributed by atoms with van der Waals surface area (Å²) in [5, 5.41) is 12.2. The number of nitrogens with one attached hydrogen (secondary N) is 2. The van der Waals surface area contributed by atoms with Crippen LogP contribution in [0.1, 0.15) is 15.7 Å². The summed E-state index contributed by atoms with van der Waals surface area (Å²) in [5.74, 6) is 1.06. The zero-order chi connectivity index (χ0) is 17.8. The van der Waals surface area contributed by atoms with Crippen molar-refractivity contribution in [1.29, 1.82) is 0 Å². The number of H-pyrrole nitrogens is 1. The molecule has 0 bridgehead atoms. The third-order valence-corrected chi connectivity index (χ3v) is 5.73. The van der Waals surface area contributed by atoms with Crippen molar-refractivity contribution in [2.24, 2.45) is 0 Å². The van der Waals surface area contributed by atoms with Crippen LogP contribution in [0.5, 0.6) is 0 Å².